The van der Waals surface area contributed by atoms with Crippen LogP contribution in [0.3, 0.4) is 0 Å². The van der Waals surface area contributed by atoms with Crippen LogP contribution >= 0.6 is 0 Å². The molecule has 1 aromatic rings. The number of rotatable bonds is 4. The van der Waals surface area contributed by atoms with E-state index in [9.17, 15) is 4.79 Å². The molecule has 1 aromatic carbocycles. The molecule has 0 aliphatic carbocycles. The molecule has 1 unspecified atom stereocenters. The maximum atomic E-state index is 11.3. The minimum Gasteiger partial charge on any atom is -0.445 e. The van der Waals surface area contributed by atoms with Gasteiger partial charge in [-0.1, -0.05) is 56.0 Å². The fourth-order valence-electron chi connectivity index (χ4n) is 1.22. The average Bonchev–Trinajstić information content (AvgIpc) is 2.42. The molecule has 1 rings (SSSR count). The molecule has 0 radical (unpaired) electrons. The standard InChI is InChI=1S/C15H19NO2/c1-3-13(2)8-7-11-16-15(17)18-12-14-9-5-4-6-10-14/h4-6,9-10,13H,3,11-12H2,1-2H3,(H,16,17). The third-order valence-corrected chi connectivity index (χ3v) is 2.49. The van der Waals surface area contributed by atoms with Crippen molar-refractivity contribution in [2.75, 3.05) is 6.54 Å². The molecule has 0 saturated carbocycles. The quantitative estimate of drug-likeness (QED) is 0.828. The van der Waals surface area contributed by atoms with Gasteiger partial charge < -0.3 is 10.1 Å². The zero-order valence-electron chi connectivity index (χ0n) is 10.9. The minimum atomic E-state index is -0.433. The second-order valence-corrected chi connectivity index (χ2v) is 4.05. The molecule has 3 nitrogen and oxygen atoms in total. The highest BCUT2D eigenvalue weighted by Crippen LogP contribution is 2.00. The summed E-state index contributed by atoms with van der Waals surface area (Å²) in [5.41, 5.74) is 0.971. The molecule has 1 N–H and O–H groups in total. The summed E-state index contributed by atoms with van der Waals surface area (Å²) in [7, 11) is 0. The molecule has 3 heteroatoms. The molecule has 0 heterocycles. The van der Waals surface area contributed by atoms with E-state index in [0.29, 0.717) is 12.5 Å². The van der Waals surface area contributed by atoms with Gasteiger partial charge in [-0.15, -0.1) is 0 Å². The van der Waals surface area contributed by atoms with Crippen molar-refractivity contribution in [2.24, 2.45) is 5.92 Å². The summed E-state index contributed by atoms with van der Waals surface area (Å²) in [5, 5.41) is 2.60. The summed E-state index contributed by atoms with van der Waals surface area (Å²) in [4.78, 5) is 11.3. The molecule has 0 bridgehead atoms. The molecule has 1 amide bonds. The van der Waals surface area contributed by atoms with Crippen LogP contribution in [0.4, 0.5) is 4.79 Å². The van der Waals surface area contributed by atoms with Crippen LogP contribution in [0.25, 0.3) is 0 Å². The highest BCUT2D eigenvalue weighted by molar-refractivity contribution is 5.67. The normalized spacial score (nSPS) is 11.0. The number of hydrogen-bond acceptors (Lipinski definition) is 2. The van der Waals surface area contributed by atoms with E-state index in [0.717, 1.165) is 12.0 Å². The first-order valence-electron chi connectivity index (χ1n) is 6.15. The lowest BCUT2D eigenvalue weighted by atomic mass is 10.1. The van der Waals surface area contributed by atoms with E-state index < -0.39 is 6.09 Å². The third kappa shape index (κ3) is 5.95. The molecule has 96 valence electrons. The van der Waals surface area contributed by atoms with Gasteiger partial charge in [0.1, 0.15) is 6.61 Å². The van der Waals surface area contributed by atoms with Gasteiger partial charge in [0.15, 0.2) is 0 Å². The molecular weight excluding hydrogens is 226 g/mol. The van der Waals surface area contributed by atoms with Crippen LogP contribution in [0, 0.1) is 17.8 Å². The zero-order chi connectivity index (χ0) is 13.2. The third-order valence-electron chi connectivity index (χ3n) is 2.49. The van der Waals surface area contributed by atoms with Gasteiger partial charge in [-0.05, 0) is 12.0 Å². The van der Waals surface area contributed by atoms with E-state index in [1.54, 1.807) is 0 Å². The van der Waals surface area contributed by atoms with Crippen molar-refractivity contribution >= 4 is 6.09 Å². The van der Waals surface area contributed by atoms with Crippen molar-refractivity contribution < 1.29 is 9.53 Å². The summed E-state index contributed by atoms with van der Waals surface area (Å²) in [6.45, 7) is 4.76. The van der Waals surface area contributed by atoms with Gasteiger partial charge in [-0.2, -0.15) is 0 Å². The second-order valence-electron chi connectivity index (χ2n) is 4.05. The smallest absolute Gasteiger partial charge is 0.408 e. The predicted molar refractivity (Wildman–Crippen MR) is 71.9 cm³/mol. The number of alkyl carbamates (subject to hydrolysis) is 1. The monoisotopic (exact) mass is 245 g/mol. The number of benzene rings is 1. The lowest BCUT2D eigenvalue weighted by Crippen LogP contribution is -2.24. The summed E-state index contributed by atoms with van der Waals surface area (Å²) < 4.78 is 5.04. The van der Waals surface area contributed by atoms with Crippen LogP contribution in [0.15, 0.2) is 30.3 Å². The number of amides is 1. The van der Waals surface area contributed by atoms with E-state index in [-0.39, 0.29) is 6.61 Å². The number of hydrogen-bond donors (Lipinski definition) is 1. The van der Waals surface area contributed by atoms with Crippen molar-refractivity contribution in [3.8, 4) is 11.8 Å². The Morgan fingerprint density at radius 3 is 2.78 bits per heavy atom. The van der Waals surface area contributed by atoms with Crippen LogP contribution in [0.1, 0.15) is 25.8 Å². The average molecular weight is 245 g/mol. The first kappa shape index (κ1) is 14.1. The molecule has 0 saturated heterocycles. The molecular formula is C15H19NO2. The summed E-state index contributed by atoms with van der Waals surface area (Å²) >= 11 is 0. The molecule has 0 fully saturated rings. The first-order valence-corrected chi connectivity index (χ1v) is 6.15. The Morgan fingerprint density at radius 1 is 1.39 bits per heavy atom. The largest absolute Gasteiger partial charge is 0.445 e. The van der Waals surface area contributed by atoms with Crippen LogP contribution < -0.4 is 5.32 Å². The molecule has 0 spiro atoms. The second kappa shape index (κ2) is 8.19. The fourth-order valence-corrected chi connectivity index (χ4v) is 1.22. The Balaban J connectivity index is 2.20. The van der Waals surface area contributed by atoms with E-state index >= 15 is 0 Å². The maximum Gasteiger partial charge on any atom is 0.408 e. The molecule has 18 heavy (non-hydrogen) atoms. The Morgan fingerprint density at radius 2 is 2.11 bits per heavy atom. The van der Waals surface area contributed by atoms with Gasteiger partial charge >= 0.3 is 6.09 Å². The van der Waals surface area contributed by atoms with E-state index in [2.05, 4.69) is 31.0 Å². The fraction of sp³-hybridized carbons (Fsp3) is 0.400. The highest BCUT2D eigenvalue weighted by atomic mass is 16.5. The van der Waals surface area contributed by atoms with E-state index in [1.807, 2.05) is 30.3 Å². The maximum absolute atomic E-state index is 11.3. The highest BCUT2D eigenvalue weighted by Gasteiger charge is 2.00. The SMILES string of the molecule is CCC(C)C#CCNC(=O)OCc1ccccc1. The van der Waals surface area contributed by atoms with Crippen LogP contribution in [0.2, 0.25) is 0 Å². The first-order chi connectivity index (χ1) is 8.72. The van der Waals surface area contributed by atoms with Crippen molar-refractivity contribution in [2.45, 2.75) is 26.9 Å². The Labute approximate surface area is 109 Å². The number of carbonyl (C=O) groups excluding carboxylic acids is 1. The van der Waals surface area contributed by atoms with Gasteiger partial charge in [-0.3, -0.25) is 0 Å². The number of nitrogens with one attached hydrogen (secondary N) is 1. The predicted octanol–water partition coefficient (Wildman–Crippen LogP) is 2.96. The number of ether oxygens (including phenoxy) is 1. The van der Waals surface area contributed by atoms with Crippen LogP contribution in [-0.4, -0.2) is 12.6 Å². The Bertz CT molecular complexity index is 417. The van der Waals surface area contributed by atoms with Crippen molar-refractivity contribution in [3.05, 3.63) is 35.9 Å². The zero-order valence-corrected chi connectivity index (χ0v) is 10.9. The van der Waals surface area contributed by atoms with Gasteiger partial charge in [0.2, 0.25) is 0 Å². The van der Waals surface area contributed by atoms with Gasteiger partial charge in [0.25, 0.3) is 0 Å². The van der Waals surface area contributed by atoms with E-state index in [1.165, 1.54) is 0 Å². The Hall–Kier alpha value is -1.95. The van der Waals surface area contributed by atoms with Crippen molar-refractivity contribution in [1.82, 2.24) is 5.32 Å². The lowest BCUT2D eigenvalue weighted by molar-refractivity contribution is 0.141. The lowest BCUT2D eigenvalue weighted by Gasteiger charge is -2.04. The molecule has 0 aliphatic rings. The molecule has 1 atom stereocenters. The van der Waals surface area contributed by atoms with Crippen molar-refractivity contribution in [3.63, 3.8) is 0 Å². The topological polar surface area (TPSA) is 38.3 Å². The van der Waals surface area contributed by atoms with Gasteiger partial charge in [0, 0.05) is 5.92 Å². The summed E-state index contributed by atoms with van der Waals surface area (Å²) in [6.07, 6.45) is 0.586. The van der Waals surface area contributed by atoms with E-state index in [4.69, 9.17) is 4.74 Å². The molecule has 0 aromatic heterocycles. The van der Waals surface area contributed by atoms with Crippen molar-refractivity contribution in [1.29, 1.82) is 0 Å². The number of carbonyl (C=O) groups is 1. The minimum absolute atomic E-state index is 0.283. The van der Waals surface area contributed by atoms with Crippen LogP contribution in [-0.2, 0) is 11.3 Å². The summed E-state index contributed by atoms with van der Waals surface area (Å²) in [6, 6.07) is 9.57. The molecule has 0 aliphatic heterocycles. The Kier molecular flexibility index (Phi) is 6.42. The van der Waals surface area contributed by atoms with Gasteiger partial charge in [-0.25, -0.2) is 4.79 Å². The van der Waals surface area contributed by atoms with Gasteiger partial charge in [0.05, 0.1) is 6.54 Å². The summed E-state index contributed by atoms with van der Waals surface area (Å²) in [5.74, 6) is 6.31. The van der Waals surface area contributed by atoms with Crippen LogP contribution in [0.5, 0.6) is 0 Å².